The number of nitrogens with zero attached hydrogens (tertiary/aromatic N) is 1. The Hall–Kier alpha value is -3.30. The van der Waals surface area contributed by atoms with Crippen LogP contribution in [0.1, 0.15) is 22.3 Å². The first-order valence-electron chi connectivity index (χ1n) is 10.7. The molecule has 2 N–H and O–H groups in total. The number of aryl methyl sites for hydroxylation is 1. The lowest BCUT2D eigenvalue weighted by atomic mass is 10.1. The van der Waals surface area contributed by atoms with Crippen LogP contribution in [0.5, 0.6) is 0 Å². The summed E-state index contributed by atoms with van der Waals surface area (Å²) in [5.74, 6) is 0. The molecule has 0 spiro atoms. The first-order chi connectivity index (χ1) is 14.8. The predicted molar refractivity (Wildman–Crippen MR) is 126 cm³/mol. The zero-order valence-corrected chi connectivity index (χ0v) is 17.4. The molecule has 0 bridgehead atoms. The first kappa shape index (κ1) is 18.7. The van der Waals surface area contributed by atoms with Crippen molar-refractivity contribution < 1.29 is 0 Å². The molecule has 30 heavy (non-hydrogen) atoms. The lowest BCUT2D eigenvalue weighted by Crippen LogP contribution is -2.16. The molecule has 0 saturated heterocycles. The minimum Gasteiger partial charge on any atom is -0.361 e. The molecule has 5 rings (SSSR count). The van der Waals surface area contributed by atoms with Gasteiger partial charge in [-0.2, -0.15) is 0 Å². The quantitative estimate of drug-likeness (QED) is 0.336. The van der Waals surface area contributed by atoms with E-state index in [0.717, 1.165) is 26.1 Å². The van der Waals surface area contributed by atoms with Crippen LogP contribution < -0.4 is 5.32 Å². The van der Waals surface area contributed by atoms with Crippen LogP contribution in [0.3, 0.4) is 0 Å². The number of aromatic amines is 1. The van der Waals surface area contributed by atoms with Crippen molar-refractivity contribution in [2.45, 2.75) is 26.4 Å². The molecular formula is C27H27N3. The molecule has 2 heterocycles. The summed E-state index contributed by atoms with van der Waals surface area (Å²) in [6.07, 6.45) is 5.47. The van der Waals surface area contributed by atoms with E-state index in [-0.39, 0.29) is 0 Å². The zero-order valence-electron chi connectivity index (χ0n) is 17.4. The highest BCUT2D eigenvalue weighted by molar-refractivity contribution is 5.84. The van der Waals surface area contributed by atoms with Gasteiger partial charge in [-0.25, -0.2) is 0 Å². The van der Waals surface area contributed by atoms with Crippen LogP contribution in [0.15, 0.2) is 85.2 Å². The maximum Gasteiger partial charge on any atom is 0.0486 e. The van der Waals surface area contributed by atoms with Gasteiger partial charge < -0.3 is 14.9 Å². The van der Waals surface area contributed by atoms with Gasteiger partial charge in [-0.1, -0.05) is 66.2 Å². The summed E-state index contributed by atoms with van der Waals surface area (Å²) in [4.78, 5) is 3.37. The van der Waals surface area contributed by atoms with Gasteiger partial charge >= 0.3 is 0 Å². The van der Waals surface area contributed by atoms with Crippen molar-refractivity contribution in [2.75, 3.05) is 6.54 Å². The van der Waals surface area contributed by atoms with E-state index in [4.69, 9.17) is 0 Å². The number of hydrogen-bond donors (Lipinski definition) is 2. The third kappa shape index (κ3) is 3.77. The van der Waals surface area contributed by atoms with Gasteiger partial charge in [0, 0.05) is 47.3 Å². The lowest BCUT2D eigenvalue weighted by Gasteiger charge is -2.06. The highest BCUT2D eigenvalue weighted by atomic mass is 15.0. The van der Waals surface area contributed by atoms with Crippen LogP contribution in [0, 0.1) is 6.92 Å². The van der Waals surface area contributed by atoms with Crippen molar-refractivity contribution in [3.05, 3.63) is 107 Å². The van der Waals surface area contributed by atoms with E-state index in [0.29, 0.717) is 0 Å². The van der Waals surface area contributed by atoms with Gasteiger partial charge in [0.25, 0.3) is 0 Å². The molecule has 0 aliphatic heterocycles. The average Bonchev–Trinajstić information content (AvgIpc) is 3.35. The number of fused-ring (bicyclic) bond motifs is 2. The Morgan fingerprint density at radius 3 is 2.47 bits per heavy atom. The van der Waals surface area contributed by atoms with Gasteiger partial charge in [0.1, 0.15) is 0 Å². The number of H-pyrrole nitrogens is 1. The van der Waals surface area contributed by atoms with Gasteiger partial charge in [-0.15, -0.1) is 0 Å². The van der Waals surface area contributed by atoms with Gasteiger partial charge in [0.05, 0.1) is 0 Å². The molecule has 0 fully saturated rings. The molecule has 0 saturated carbocycles. The lowest BCUT2D eigenvalue weighted by molar-refractivity contribution is 0.688. The SMILES string of the molecule is Cc1ccc(Cn2cc(CNCCc3c[nH]c4ccccc34)c3ccccc32)cc1. The van der Waals surface area contributed by atoms with Crippen molar-refractivity contribution >= 4 is 21.8 Å². The van der Waals surface area contributed by atoms with Crippen molar-refractivity contribution in [2.24, 2.45) is 0 Å². The van der Waals surface area contributed by atoms with Crippen LogP contribution in [0.4, 0.5) is 0 Å². The van der Waals surface area contributed by atoms with Crippen molar-refractivity contribution in [3.8, 4) is 0 Å². The third-order valence-corrected chi connectivity index (χ3v) is 5.91. The summed E-state index contributed by atoms with van der Waals surface area (Å²) in [6, 6.07) is 26.1. The van der Waals surface area contributed by atoms with Gasteiger partial charge in [-0.05, 0) is 48.7 Å². The molecule has 3 heteroatoms. The molecule has 0 unspecified atom stereocenters. The summed E-state index contributed by atoms with van der Waals surface area (Å²) < 4.78 is 2.37. The van der Waals surface area contributed by atoms with Crippen molar-refractivity contribution in [1.29, 1.82) is 0 Å². The fourth-order valence-electron chi connectivity index (χ4n) is 4.27. The molecule has 0 aliphatic rings. The summed E-state index contributed by atoms with van der Waals surface area (Å²) in [7, 11) is 0. The smallest absolute Gasteiger partial charge is 0.0486 e. The maximum atomic E-state index is 3.65. The summed E-state index contributed by atoms with van der Waals surface area (Å²) in [6.45, 7) is 4.87. The molecule has 3 nitrogen and oxygen atoms in total. The second-order valence-corrected chi connectivity index (χ2v) is 8.07. The number of aromatic nitrogens is 2. The molecule has 3 aromatic carbocycles. The Kier molecular flexibility index (Phi) is 5.12. The van der Waals surface area contributed by atoms with Crippen LogP contribution in [-0.4, -0.2) is 16.1 Å². The van der Waals surface area contributed by atoms with Crippen LogP contribution >= 0.6 is 0 Å². The molecule has 0 amide bonds. The average molecular weight is 394 g/mol. The highest BCUT2D eigenvalue weighted by Crippen LogP contribution is 2.23. The third-order valence-electron chi connectivity index (χ3n) is 5.91. The van der Waals surface area contributed by atoms with E-state index in [2.05, 4.69) is 107 Å². The Labute approximate surface area is 177 Å². The van der Waals surface area contributed by atoms with E-state index >= 15 is 0 Å². The molecule has 0 aliphatic carbocycles. The fourth-order valence-corrected chi connectivity index (χ4v) is 4.27. The normalized spacial score (nSPS) is 11.5. The van der Waals surface area contributed by atoms with E-state index in [1.807, 2.05) is 0 Å². The number of para-hydroxylation sites is 2. The maximum absolute atomic E-state index is 3.65. The van der Waals surface area contributed by atoms with Crippen LogP contribution in [0.25, 0.3) is 21.8 Å². The second-order valence-electron chi connectivity index (χ2n) is 8.07. The Bertz CT molecular complexity index is 1270. The number of benzene rings is 3. The van der Waals surface area contributed by atoms with Gasteiger partial charge in [0.2, 0.25) is 0 Å². The minimum absolute atomic E-state index is 0.879. The molecule has 150 valence electrons. The zero-order chi connectivity index (χ0) is 20.3. The summed E-state index contributed by atoms with van der Waals surface area (Å²) in [5, 5.41) is 6.32. The topological polar surface area (TPSA) is 32.8 Å². The van der Waals surface area contributed by atoms with E-state index in [1.165, 1.54) is 44.1 Å². The monoisotopic (exact) mass is 393 g/mol. The second kappa shape index (κ2) is 8.21. The molecular weight excluding hydrogens is 366 g/mol. The Morgan fingerprint density at radius 2 is 1.60 bits per heavy atom. The standard InChI is InChI=1S/C27H27N3/c1-20-10-12-21(13-11-20)18-30-19-23(25-7-3-5-9-27(25)30)16-28-15-14-22-17-29-26-8-4-2-6-24(22)26/h2-13,17,19,28-29H,14-16,18H2,1H3. The van der Waals surface area contributed by atoms with Crippen LogP contribution in [0.2, 0.25) is 0 Å². The first-order valence-corrected chi connectivity index (χ1v) is 10.7. The largest absolute Gasteiger partial charge is 0.361 e. The number of rotatable bonds is 7. The van der Waals surface area contributed by atoms with Crippen molar-refractivity contribution in [3.63, 3.8) is 0 Å². The van der Waals surface area contributed by atoms with Crippen LogP contribution in [-0.2, 0) is 19.5 Å². The number of nitrogens with one attached hydrogen (secondary N) is 2. The Balaban J connectivity index is 1.29. The van der Waals surface area contributed by atoms with Crippen molar-refractivity contribution in [1.82, 2.24) is 14.9 Å². The van der Waals surface area contributed by atoms with Gasteiger partial charge in [-0.3, -0.25) is 0 Å². The molecule has 0 atom stereocenters. The molecule has 2 aromatic heterocycles. The number of hydrogen-bond acceptors (Lipinski definition) is 1. The minimum atomic E-state index is 0.879. The summed E-state index contributed by atoms with van der Waals surface area (Å²) >= 11 is 0. The summed E-state index contributed by atoms with van der Waals surface area (Å²) in [5.41, 5.74) is 7.88. The van der Waals surface area contributed by atoms with E-state index in [1.54, 1.807) is 0 Å². The molecule has 5 aromatic rings. The molecule has 0 radical (unpaired) electrons. The fraction of sp³-hybridized carbons (Fsp3) is 0.185. The predicted octanol–water partition coefficient (Wildman–Crippen LogP) is 5.81. The van der Waals surface area contributed by atoms with E-state index < -0.39 is 0 Å². The Morgan fingerprint density at radius 1 is 0.833 bits per heavy atom. The highest BCUT2D eigenvalue weighted by Gasteiger charge is 2.09. The van der Waals surface area contributed by atoms with E-state index in [9.17, 15) is 0 Å². The van der Waals surface area contributed by atoms with Gasteiger partial charge in [0.15, 0.2) is 0 Å².